The maximum Gasteiger partial charge on any atom is 0.186 e. The fourth-order valence-electron chi connectivity index (χ4n) is 1.24. The molecule has 0 aliphatic carbocycles. The van der Waals surface area contributed by atoms with Gasteiger partial charge < -0.3 is 25.2 Å². The lowest BCUT2D eigenvalue weighted by atomic mass is 10.1. The highest BCUT2D eigenvalue weighted by Gasteiger charge is 2.46. The topological polar surface area (TPSA) is 125 Å². The van der Waals surface area contributed by atoms with Gasteiger partial charge >= 0.3 is 0 Å². The van der Waals surface area contributed by atoms with Gasteiger partial charge in [0.2, 0.25) is 0 Å². The molecule has 7 nitrogen and oxygen atoms in total. The summed E-state index contributed by atoms with van der Waals surface area (Å²) >= 11 is 0. The predicted octanol–water partition coefficient (Wildman–Crippen LogP) is -3.32. The molecule has 0 spiro atoms. The third-order valence-corrected chi connectivity index (χ3v) is 1.97. The first-order chi connectivity index (χ1) is 6.11. The highest BCUT2D eigenvalue weighted by molar-refractivity contribution is 4.90. The molecule has 1 aliphatic rings. The number of aliphatic hydroxyl groups excluding tert-OH is 4. The molecule has 7 heteroatoms. The Labute approximate surface area is 74.3 Å². The molecule has 0 aromatic carbocycles. The molecule has 0 saturated carbocycles. The zero-order valence-corrected chi connectivity index (χ0v) is 6.78. The van der Waals surface area contributed by atoms with Crippen LogP contribution in [0.3, 0.4) is 0 Å². The van der Waals surface area contributed by atoms with Crippen molar-refractivity contribution in [2.75, 3.05) is 6.61 Å². The van der Waals surface area contributed by atoms with E-state index in [4.69, 9.17) is 26.0 Å². The van der Waals surface area contributed by atoms with Gasteiger partial charge in [-0.3, -0.25) is 4.84 Å². The second-order valence-electron chi connectivity index (χ2n) is 2.83. The normalized spacial score (nSPS) is 42.2. The molecule has 1 saturated heterocycles. The van der Waals surface area contributed by atoms with Crippen LogP contribution in [0.5, 0.6) is 0 Å². The van der Waals surface area contributed by atoms with E-state index in [-0.39, 0.29) is 0 Å². The number of aliphatic hydroxyl groups is 4. The number of nitrogens with two attached hydrogens (primary N) is 1. The van der Waals surface area contributed by atoms with Crippen molar-refractivity contribution in [2.24, 2.45) is 5.90 Å². The molecule has 0 bridgehead atoms. The molecule has 1 fully saturated rings. The van der Waals surface area contributed by atoms with Crippen molar-refractivity contribution >= 4 is 0 Å². The summed E-state index contributed by atoms with van der Waals surface area (Å²) < 4.78 is 4.72. The monoisotopic (exact) mass is 195 g/mol. The molecule has 0 unspecified atom stereocenters. The Balaban J connectivity index is 2.61. The molecule has 5 atom stereocenters. The molecule has 0 aromatic rings. The molecule has 1 aliphatic heterocycles. The molecule has 1 heterocycles. The Morgan fingerprint density at radius 3 is 2.46 bits per heavy atom. The minimum absolute atomic E-state index is 0.578. The molecule has 13 heavy (non-hydrogen) atoms. The van der Waals surface area contributed by atoms with Crippen molar-refractivity contribution < 1.29 is 30.0 Å². The quantitative estimate of drug-likeness (QED) is 0.298. The van der Waals surface area contributed by atoms with Crippen molar-refractivity contribution in [2.45, 2.75) is 30.7 Å². The van der Waals surface area contributed by atoms with Crippen LogP contribution in [0.25, 0.3) is 0 Å². The van der Waals surface area contributed by atoms with Gasteiger partial charge in [0.1, 0.15) is 18.3 Å². The molecular formula is C6H13NO6. The zero-order chi connectivity index (χ0) is 10.0. The molecule has 1 rings (SSSR count). The predicted molar refractivity (Wildman–Crippen MR) is 39.0 cm³/mol. The van der Waals surface area contributed by atoms with Crippen molar-refractivity contribution in [3.05, 3.63) is 0 Å². The SMILES string of the molecule is NO[C@@H]1[C@@H](O)[C@@H]([C@H](O)CO)O[C@@H]1O. The van der Waals surface area contributed by atoms with Gasteiger partial charge in [-0.2, -0.15) is 0 Å². The second-order valence-corrected chi connectivity index (χ2v) is 2.83. The number of rotatable bonds is 3. The van der Waals surface area contributed by atoms with Gasteiger partial charge in [0.25, 0.3) is 0 Å². The lowest BCUT2D eigenvalue weighted by molar-refractivity contribution is -0.159. The Morgan fingerprint density at radius 1 is 1.46 bits per heavy atom. The average molecular weight is 195 g/mol. The smallest absolute Gasteiger partial charge is 0.186 e. The Morgan fingerprint density at radius 2 is 2.08 bits per heavy atom. The fraction of sp³-hybridized carbons (Fsp3) is 1.00. The van der Waals surface area contributed by atoms with Crippen molar-refractivity contribution in [1.82, 2.24) is 0 Å². The van der Waals surface area contributed by atoms with E-state index >= 15 is 0 Å². The van der Waals surface area contributed by atoms with E-state index in [0.29, 0.717) is 0 Å². The van der Waals surface area contributed by atoms with E-state index in [1.807, 2.05) is 0 Å². The van der Waals surface area contributed by atoms with Gasteiger partial charge in [0.05, 0.1) is 6.61 Å². The van der Waals surface area contributed by atoms with E-state index in [9.17, 15) is 5.11 Å². The maximum absolute atomic E-state index is 9.36. The first-order valence-electron chi connectivity index (χ1n) is 3.78. The van der Waals surface area contributed by atoms with E-state index in [1.54, 1.807) is 0 Å². The van der Waals surface area contributed by atoms with Crippen LogP contribution in [0.15, 0.2) is 0 Å². The van der Waals surface area contributed by atoms with Crippen LogP contribution >= 0.6 is 0 Å². The third kappa shape index (κ3) is 1.97. The summed E-state index contributed by atoms with van der Waals surface area (Å²) in [7, 11) is 0. The Bertz CT molecular complexity index is 167. The zero-order valence-electron chi connectivity index (χ0n) is 6.78. The van der Waals surface area contributed by atoms with E-state index < -0.39 is 37.3 Å². The van der Waals surface area contributed by atoms with Crippen LogP contribution < -0.4 is 5.90 Å². The lowest BCUT2D eigenvalue weighted by Gasteiger charge is -2.18. The van der Waals surface area contributed by atoms with E-state index in [2.05, 4.69) is 4.84 Å². The van der Waals surface area contributed by atoms with Crippen LogP contribution in [-0.4, -0.2) is 57.7 Å². The summed E-state index contributed by atoms with van der Waals surface area (Å²) in [5.74, 6) is 4.77. The van der Waals surface area contributed by atoms with E-state index in [0.717, 1.165) is 0 Å². The first-order valence-corrected chi connectivity index (χ1v) is 3.78. The highest BCUT2D eigenvalue weighted by Crippen LogP contribution is 2.23. The number of ether oxygens (including phenoxy) is 1. The van der Waals surface area contributed by atoms with E-state index in [1.165, 1.54) is 0 Å². The first kappa shape index (κ1) is 10.8. The van der Waals surface area contributed by atoms with Gasteiger partial charge in [-0.25, -0.2) is 5.90 Å². The van der Waals surface area contributed by atoms with Gasteiger partial charge in [-0.1, -0.05) is 0 Å². The van der Waals surface area contributed by atoms with Gasteiger partial charge in [0.15, 0.2) is 12.4 Å². The number of hydrogen-bond donors (Lipinski definition) is 5. The molecule has 0 amide bonds. The van der Waals surface area contributed by atoms with Gasteiger partial charge in [-0.05, 0) is 0 Å². The summed E-state index contributed by atoms with van der Waals surface area (Å²) in [6.07, 6.45) is -6.13. The van der Waals surface area contributed by atoms with Crippen molar-refractivity contribution in [3.8, 4) is 0 Å². The molecular weight excluding hydrogens is 182 g/mol. The Kier molecular flexibility index (Phi) is 3.56. The molecule has 78 valence electrons. The van der Waals surface area contributed by atoms with Crippen molar-refractivity contribution in [1.29, 1.82) is 0 Å². The summed E-state index contributed by atoms with van der Waals surface area (Å²) in [4.78, 5) is 4.24. The Hall–Kier alpha value is -0.280. The lowest BCUT2D eigenvalue weighted by Crippen LogP contribution is -2.42. The van der Waals surface area contributed by atoms with Crippen LogP contribution in [0, 0.1) is 0 Å². The third-order valence-electron chi connectivity index (χ3n) is 1.97. The van der Waals surface area contributed by atoms with Gasteiger partial charge in [0, 0.05) is 0 Å². The van der Waals surface area contributed by atoms with Crippen LogP contribution in [0.2, 0.25) is 0 Å². The minimum atomic E-state index is -1.40. The minimum Gasteiger partial charge on any atom is -0.394 e. The largest absolute Gasteiger partial charge is 0.394 e. The van der Waals surface area contributed by atoms with Gasteiger partial charge in [-0.15, -0.1) is 0 Å². The fourth-order valence-corrected chi connectivity index (χ4v) is 1.24. The molecule has 6 N–H and O–H groups in total. The highest BCUT2D eigenvalue weighted by atomic mass is 16.7. The second kappa shape index (κ2) is 4.29. The van der Waals surface area contributed by atoms with Crippen LogP contribution in [-0.2, 0) is 9.57 Å². The summed E-state index contributed by atoms with van der Waals surface area (Å²) in [5.41, 5.74) is 0. The molecule has 0 radical (unpaired) electrons. The summed E-state index contributed by atoms with van der Waals surface area (Å²) in [6.45, 7) is -0.578. The van der Waals surface area contributed by atoms with Crippen molar-refractivity contribution in [3.63, 3.8) is 0 Å². The van der Waals surface area contributed by atoms with Crippen LogP contribution in [0.1, 0.15) is 0 Å². The maximum atomic E-state index is 9.36. The average Bonchev–Trinajstić information content (AvgIpc) is 2.40. The summed E-state index contributed by atoms with van der Waals surface area (Å²) in [5, 5.41) is 36.1. The molecule has 0 aromatic heterocycles. The van der Waals surface area contributed by atoms with Crippen LogP contribution in [0.4, 0.5) is 0 Å². The summed E-state index contributed by atoms with van der Waals surface area (Å²) in [6, 6.07) is 0. The standard InChI is InChI=1S/C6H13NO6/c7-13-5-3(10)4(2(9)1-8)12-6(5)11/h2-6,8-11H,1,7H2/t2-,3+,4-,5-,6+/m1/s1. The number of hydrogen-bond acceptors (Lipinski definition) is 7.